The molecule has 1 heterocycles. The molecule has 0 atom stereocenters. The molecule has 3 rings (SSSR count). The third kappa shape index (κ3) is 3.83. The minimum Gasteiger partial charge on any atom is -0.392 e. The molecule has 0 aliphatic carbocycles. The number of hydrogen-bond acceptors (Lipinski definition) is 5. The highest BCUT2D eigenvalue weighted by molar-refractivity contribution is 5.52. The lowest BCUT2D eigenvalue weighted by Gasteiger charge is -2.34. The van der Waals surface area contributed by atoms with Gasteiger partial charge in [0.1, 0.15) is 0 Å². The Morgan fingerprint density at radius 3 is 2.50 bits per heavy atom. The minimum atomic E-state index is -0.375. The highest BCUT2D eigenvalue weighted by Crippen LogP contribution is 2.24. The fourth-order valence-corrected chi connectivity index (χ4v) is 3.06. The normalized spacial score (nSPS) is 15.3. The molecule has 0 unspecified atom stereocenters. The number of aliphatic hydroxyl groups excluding tert-OH is 1. The molecule has 126 valence electrons. The molecule has 1 aliphatic rings. The number of nitro benzene ring substituents is 1. The van der Waals surface area contributed by atoms with Gasteiger partial charge in [-0.25, -0.2) is 0 Å². The molecular weight excluding hydrogens is 306 g/mol. The molecule has 2 N–H and O–H groups in total. The lowest BCUT2D eigenvalue weighted by atomic mass is 10.0. The van der Waals surface area contributed by atoms with Crippen LogP contribution in [0.5, 0.6) is 0 Å². The van der Waals surface area contributed by atoms with Crippen molar-refractivity contribution < 1.29 is 10.0 Å². The minimum absolute atomic E-state index is 0.0497. The number of benzene rings is 2. The predicted molar refractivity (Wildman–Crippen MR) is 94.3 cm³/mol. The number of piperidine rings is 1. The predicted octanol–water partition coefficient (Wildman–Crippen LogP) is 3.17. The number of anilines is 2. The molecule has 6 nitrogen and oxygen atoms in total. The summed E-state index contributed by atoms with van der Waals surface area (Å²) in [5, 5.41) is 23.4. The van der Waals surface area contributed by atoms with Crippen molar-refractivity contribution in [1.29, 1.82) is 0 Å². The van der Waals surface area contributed by atoms with Crippen molar-refractivity contribution in [3.05, 3.63) is 64.2 Å². The first-order chi connectivity index (χ1) is 11.7. The maximum absolute atomic E-state index is 10.7. The van der Waals surface area contributed by atoms with Crippen molar-refractivity contribution >= 4 is 17.1 Å². The molecule has 0 radical (unpaired) electrons. The highest BCUT2D eigenvalue weighted by Gasteiger charge is 2.19. The maximum Gasteiger partial charge on any atom is 0.269 e. The number of nitrogens with zero attached hydrogens (tertiary/aromatic N) is 2. The smallest absolute Gasteiger partial charge is 0.269 e. The average Bonchev–Trinajstić information content (AvgIpc) is 2.62. The number of nitro groups is 1. The van der Waals surface area contributed by atoms with Gasteiger partial charge in [0.15, 0.2) is 0 Å². The molecule has 24 heavy (non-hydrogen) atoms. The van der Waals surface area contributed by atoms with Crippen LogP contribution in [-0.4, -0.2) is 29.2 Å². The van der Waals surface area contributed by atoms with E-state index in [4.69, 9.17) is 0 Å². The van der Waals surface area contributed by atoms with Crippen molar-refractivity contribution in [2.75, 3.05) is 23.3 Å². The molecule has 6 heteroatoms. The summed E-state index contributed by atoms with van der Waals surface area (Å²) in [6.07, 6.45) is 2.00. The Morgan fingerprint density at radius 1 is 1.17 bits per heavy atom. The van der Waals surface area contributed by atoms with E-state index in [1.807, 2.05) is 36.4 Å². The molecule has 2 aromatic carbocycles. The van der Waals surface area contributed by atoms with E-state index < -0.39 is 0 Å². The zero-order chi connectivity index (χ0) is 16.9. The van der Waals surface area contributed by atoms with Crippen molar-refractivity contribution in [2.24, 2.45) is 0 Å². The van der Waals surface area contributed by atoms with Crippen molar-refractivity contribution in [3.63, 3.8) is 0 Å². The van der Waals surface area contributed by atoms with E-state index in [1.165, 1.54) is 0 Å². The van der Waals surface area contributed by atoms with Gasteiger partial charge < -0.3 is 15.3 Å². The van der Waals surface area contributed by atoms with E-state index in [-0.39, 0.29) is 17.2 Å². The molecule has 0 saturated carbocycles. The molecule has 0 aromatic heterocycles. The molecule has 1 saturated heterocycles. The molecule has 2 aromatic rings. The zero-order valence-corrected chi connectivity index (χ0v) is 13.4. The number of nitrogens with one attached hydrogen (secondary N) is 1. The van der Waals surface area contributed by atoms with E-state index in [1.54, 1.807) is 12.1 Å². The summed E-state index contributed by atoms with van der Waals surface area (Å²) < 4.78 is 0. The summed E-state index contributed by atoms with van der Waals surface area (Å²) in [6, 6.07) is 15.0. The third-order valence-electron chi connectivity index (χ3n) is 4.40. The molecule has 1 fully saturated rings. The van der Waals surface area contributed by atoms with Gasteiger partial charge >= 0.3 is 0 Å². The van der Waals surface area contributed by atoms with Crippen LogP contribution in [0.4, 0.5) is 17.1 Å². The summed E-state index contributed by atoms with van der Waals surface area (Å²) in [5.74, 6) is 0. The fraction of sp³-hybridized carbons (Fsp3) is 0.333. The van der Waals surface area contributed by atoms with Crippen LogP contribution < -0.4 is 10.2 Å². The van der Waals surface area contributed by atoms with E-state index in [0.29, 0.717) is 6.04 Å². The zero-order valence-electron chi connectivity index (χ0n) is 13.4. The maximum atomic E-state index is 10.7. The van der Waals surface area contributed by atoms with Gasteiger partial charge in [-0.2, -0.15) is 0 Å². The quantitative estimate of drug-likeness (QED) is 0.651. The van der Waals surface area contributed by atoms with Gasteiger partial charge in [-0.3, -0.25) is 10.1 Å². The second-order valence-electron chi connectivity index (χ2n) is 6.04. The molecular formula is C18H21N3O3. The second kappa shape index (κ2) is 7.31. The van der Waals surface area contributed by atoms with E-state index in [9.17, 15) is 15.2 Å². The van der Waals surface area contributed by atoms with Crippen molar-refractivity contribution in [1.82, 2.24) is 0 Å². The Morgan fingerprint density at radius 2 is 1.88 bits per heavy atom. The number of rotatable bonds is 5. The van der Waals surface area contributed by atoms with Gasteiger partial charge in [0, 0.05) is 42.6 Å². The van der Waals surface area contributed by atoms with Crippen molar-refractivity contribution in [2.45, 2.75) is 25.5 Å². The van der Waals surface area contributed by atoms with Crippen LogP contribution in [0.2, 0.25) is 0 Å². The number of hydrogen-bond donors (Lipinski definition) is 2. The van der Waals surface area contributed by atoms with Gasteiger partial charge in [0.25, 0.3) is 5.69 Å². The van der Waals surface area contributed by atoms with Gasteiger partial charge in [-0.15, -0.1) is 0 Å². The van der Waals surface area contributed by atoms with Gasteiger partial charge in [-0.05, 0) is 42.7 Å². The van der Waals surface area contributed by atoms with Crippen molar-refractivity contribution in [3.8, 4) is 0 Å². The Labute approximate surface area is 140 Å². The Balaban J connectivity index is 1.56. The summed E-state index contributed by atoms with van der Waals surface area (Å²) >= 11 is 0. The monoisotopic (exact) mass is 327 g/mol. The van der Waals surface area contributed by atoms with E-state index >= 15 is 0 Å². The van der Waals surface area contributed by atoms with Crippen LogP contribution in [0.15, 0.2) is 48.5 Å². The Kier molecular flexibility index (Phi) is 4.96. The average molecular weight is 327 g/mol. The largest absolute Gasteiger partial charge is 0.392 e. The topological polar surface area (TPSA) is 78.6 Å². The first-order valence-electron chi connectivity index (χ1n) is 8.11. The van der Waals surface area contributed by atoms with Crippen LogP contribution in [-0.2, 0) is 6.61 Å². The highest BCUT2D eigenvalue weighted by atomic mass is 16.6. The van der Waals surface area contributed by atoms with E-state index in [0.717, 1.165) is 42.9 Å². The van der Waals surface area contributed by atoms with Gasteiger partial charge in [0.05, 0.1) is 11.5 Å². The molecule has 0 amide bonds. The second-order valence-corrected chi connectivity index (χ2v) is 6.04. The standard InChI is InChI=1S/C18H21N3O3/c22-13-14-2-1-3-16(12-14)19-15-8-10-20(11-9-15)17-4-6-18(7-5-17)21(23)24/h1-7,12,15,19,22H,8-11,13H2. The number of non-ortho nitro benzene ring substituents is 1. The van der Waals surface area contributed by atoms with E-state index in [2.05, 4.69) is 10.2 Å². The summed E-state index contributed by atoms with van der Waals surface area (Å²) in [5.41, 5.74) is 3.10. The molecule has 0 bridgehead atoms. The summed E-state index contributed by atoms with van der Waals surface area (Å²) in [4.78, 5) is 12.6. The summed E-state index contributed by atoms with van der Waals surface area (Å²) in [7, 11) is 0. The number of aliphatic hydroxyl groups is 1. The first-order valence-corrected chi connectivity index (χ1v) is 8.11. The van der Waals surface area contributed by atoms with Crippen LogP contribution in [0.3, 0.4) is 0 Å². The van der Waals surface area contributed by atoms with Crippen LogP contribution >= 0.6 is 0 Å². The Bertz CT molecular complexity index is 695. The third-order valence-corrected chi connectivity index (χ3v) is 4.40. The molecule has 1 aliphatic heterocycles. The fourth-order valence-electron chi connectivity index (χ4n) is 3.06. The van der Waals surface area contributed by atoms with Crippen LogP contribution in [0, 0.1) is 10.1 Å². The summed E-state index contributed by atoms with van der Waals surface area (Å²) in [6.45, 7) is 1.87. The first kappa shape index (κ1) is 16.3. The lowest BCUT2D eigenvalue weighted by Crippen LogP contribution is -2.39. The lowest BCUT2D eigenvalue weighted by molar-refractivity contribution is -0.384. The Hall–Kier alpha value is -2.60. The van der Waals surface area contributed by atoms with Crippen LogP contribution in [0.25, 0.3) is 0 Å². The molecule has 0 spiro atoms. The van der Waals surface area contributed by atoms with Gasteiger partial charge in [-0.1, -0.05) is 12.1 Å². The van der Waals surface area contributed by atoms with Gasteiger partial charge in [0.2, 0.25) is 0 Å². The SMILES string of the molecule is O=[N+]([O-])c1ccc(N2CCC(Nc3cccc(CO)c3)CC2)cc1. The van der Waals surface area contributed by atoms with Crippen LogP contribution in [0.1, 0.15) is 18.4 Å².